The minimum atomic E-state index is -1.71. The van der Waals surface area contributed by atoms with E-state index in [1.807, 2.05) is 0 Å². The second-order valence-corrected chi connectivity index (χ2v) is 4.67. The standard InChI is InChI=1S/C16H6F6/c17-9-4-8-3-7(5-12(19)14(8)13(20)6-9)10-1-2-11(18)16(22)15(10)21/h1-6H. The van der Waals surface area contributed by atoms with Crippen molar-refractivity contribution in [3.8, 4) is 11.1 Å². The maximum atomic E-state index is 14.0. The lowest BCUT2D eigenvalue weighted by Crippen LogP contribution is -1.95. The normalized spacial score (nSPS) is 11.2. The van der Waals surface area contributed by atoms with Crippen LogP contribution in [-0.2, 0) is 0 Å². The Morgan fingerprint density at radius 3 is 2.00 bits per heavy atom. The molecule has 0 saturated heterocycles. The Bertz CT molecular complexity index is 901. The molecule has 0 fully saturated rings. The minimum absolute atomic E-state index is 0.156. The van der Waals surface area contributed by atoms with Gasteiger partial charge in [0.1, 0.15) is 17.5 Å². The van der Waals surface area contributed by atoms with Gasteiger partial charge in [0.15, 0.2) is 17.5 Å². The summed E-state index contributed by atoms with van der Waals surface area (Å²) < 4.78 is 80.7. The van der Waals surface area contributed by atoms with Crippen molar-refractivity contribution in [3.63, 3.8) is 0 Å². The van der Waals surface area contributed by atoms with Crippen LogP contribution in [0.1, 0.15) is 0 Å². The predicted molar refractivity (Wildman–Crippen MR) is 69.1 cm³/mol. The lowest BCUT2D eigenvalue weighted by molar-refractivity contribution is 0.449. The molecule has 0 nitrogen and oxygen atoms in total. The predicted octanol–water partition coefficient (Wildman–Crippen LogP) is 5.34. The number of halogens is 6. The van der Waals surface area contributed by atoms with E-state index in [4.69, 9.17) is 0 Å². The molecule has 0 unspecified atom stereocenters. The van der Waals surface area contributed by atoms with Crippen LogP contribution in [0.2, 0.25) is 0 Å². The van der Waals surface area contributed by atoms with Crippen molar-refractivity contribution in [1.29, 1.82) is 0 Å². The molecule has 112 valence electrons. The summed E-state index contributed by atoms with van der Waals surface area (Å²) in [4.78, 5) is 0. The molecule has 3 aromatic carbocycles. The van der Waals surface area contributed by atoms with Gasteiger partial charge in [-0.25, -0.2) is 26.3 Å². The number of rotatable bonds is 1. The van der Waals surface area contributed by atoms with Crippen LogP contribution in [0.3, 0.4) is 0 Å². The second-order valence-electron chi connectivity index (χ2n) is 4.67. The third-order valence-corrected chi connectivity index (χ3v) is 3.26. The van der Waals surface area contributed by atoms with Crippen molar-refractivity contribution in [2.75, 3.05) is 0 Å². The Morgan fingerprint density at radius 1 is 0.591 bits per heavy atom. The number of hydrogen-bond donors (Lipinski definition) is 0. The van der Waals surface area contributed by atoms with Crippen molar-refractivity contribution < 1.29 is 26.3 Å². The number of fused-ring (bicyclic) bond motifs is 1. The molecule has 0 radical (unpaired) electrons. The van der Waals surface area contributed by atoms with E-state index in [2.05, 4.69) is 0 Å². The molecule has 0 heterocycles. The van der Waals surface area contributed by atoms with E-state index in [1.165, 1.54) is 0 Å². The Kier molecular flexibility index (Phi) is 3.31. The van der Waals surface area contributed by atoms with Crippen LogP contribution in [-0.4, -0.2) is 0 Å². The molecular weight excluding hydrogens is 306 g/mol. The summed E-state index contributed by atoms with van der Waals surface area (Å²) >= 11 is 0. The van der Waals surface area contributed by atoms with Crippen molar-refractivity contribution >= 4 is 10.8 Å². The molecule has 0 spiro atoms. The lowest BCUT2D eigenvalue weighted by atomic mass is 9.99. The molecule has 3 rings (SSSR count). The summed E-state index contributed by atoms with van der Waals surface area (Å²) in [5.41, 5.74) is -0.573. The largest absolute Gasteiger partial charge is 0.207 e. The van der Waals surface area contributed by atoms with Crippen LogP contribution in [0, 0.1) is 34.9 Å². The molecule has 0 atom stereocenters. The first-order valence-corrected chi connectivity index (χ1v) is 6.10. The molecule has 0 aliphatic carbocycles. The highest BCUT2D eigenvalue weighted by Crippen LogP contribution is 2.31. The van der Waals surface area contributed by atoms with Crippen LogP contribution in [0.4, 0.5) is 26.3 Å². The van der Waals surface area contributed by atoms with Crippen LogP contribution < -0.4 is 0 Å². The average molecular weight is 312 g/mol. The van der Waals surface area contributed by atoms with E-state index in [0.29, 0.717) is 12.1 Å². The van der Waals surface area contributed by atoms with E-state index in [-0.39, 0.29) is 10.9 Å². The van der Waals surface area contributed by atoms with Crippen molar-refractivity contribution in [2.24, 2.45) is 0 Å². The van der Waals surface area contributed by atoms with Gasteiger partial charge in [0, 0.05) is 11.6 Å². The molecule has 0 bridgehead atoms. The molecule has 0 aliphatic rings. The highest BCUT2D eigenvalue weighted by atomic mass is 19.2. The SMILES string of the molecule is Fc1cc(F)c2c(F)cc(-c3ccc(F)c(F)c3F)cc2c1. The van der Waals surface area contributed by atoms with Gasteiger partial charge >= 0.3 is 0 Å². The van der Waals surface area contributed by atoms with Gasteiger partial charge in [-0.1, -0.05) is 0 Å². The summed E-state index contributed by atoms with van der Waals surface area (Å²) in [6.45, 7) is 0. The maximum Gasteiger partial charge on any atom is 0.195 e. The molecule has 6 heteroatoms. The Balaban J connectivity index is 2.32. The van der Waals surface area contributed by atoms with Gasteiger partial charge < -0.3 is 0 Å². The topological polar surface area (TPSA) is 0 Å². The molecule has 0 saturated carbocycles. The lowest BCUT2D eigenvalue weighted by Gasteiger charge is -2.08. The fourth-order valence-electron chi connectivity index (χ4n) is 2.28. The van der Waals surface area contributed by atoms with Crippen LogP contribution in [0.5, 0.6) is 0 Å². The number of benzene rings is 3. The molecule has 0 aromatic heterocycles. The van der Waals surface area contributed by atoms with Crippen LogP contribution >= 0.6 is 0 Å². The Hall–Kier alpha value is -2.50. The second kappa shape index (κ2) is 5.05. The zero-order valence-electron chi connectivity index (χ0n) is 10.7. The van der Waals surface area contributed by atoms with Crippen LogP contribution in [0.25, 0.3) is 21.9 Å². The molecule has 3 aromatic rings. The first-order valence-electron chi connectivity index (χ1n) is 6.10. The quantitative estimate of drug-likeness (QED) is 0.420. The molecular formula is C16H6F6. The van der Waals surface area contributed by atoms with Crippen LogP contribution in [0.15, 0.2) is 36.4 Å². The number of hydrogen-bond acceptors (Lipinski definition) is 0. The highest BCUT2D eigenvalue weighted by molar-refractivity contribution is 5.88. The third-order valence-electron chi connectivity index (χ3n) is 3.26. The maximum absolute atomic E-state index is 14.0. The van der Waals surface area contributed by atoms with Gasteiger partial charge in [-0.05, 0) is 41.3 Å². The zero-order chi connectivity index (χ0) is 16.0. The van der Waals surface area contributed by atoms with Gasteiger partial charge in [0.2, 0.25) is 0 Å². The van der Waals surface area contributed by atoms with Gasteiger partial charge in [-0.3, -0.25) is 0 Å². The fourth-order valence-corrected chi connectivity index (χ4v) is 2.28. The van der Waals surface area contributed by atoms with E-state index >= 15 is 0 Å². The summed E-state index contributed by atoms with van der Waals surface area (Å²) in [6.07, 6.45) is 0. The Morgan fingerprint density at radius 2 is 1.27 bits per heavy atom. The molecule has 22 heavy (non-hydrogen) atoms. The van der Waals surface area contributed by atoms with E-state index in [0.717, 1.165) is 24.3 Å². The van der Waals surface area contributed by atoms with E-state index in [1.54, 1.807) is 0 Å². The van der Waals surface area contributed by atoms with Gasteiger partial charge in [0.05, 0.1) is 5.39 Å². The summed E-state index contributed by atoms with van der Waals surface area (Å²) in [6, 6.07) is 4.86. The molecule has 0 amide bonds. The summed E-state index contributed by atoms with van der Waals surface area (Å²) in [5, 5.41) is -0.621. The molecule has 0 N–H and O–H groups in total. The monoisotopic (exact) mass is 312 g/mol. The zero-order valence-corrected chi connectivity index (χ0v) is 10.7. The van der Waals surface area contributed by atoms with Crippen molar-refractivity contribution in [3.05, 3.63) is 71.3 Å². The summed E-state index contributed by atoms with van der Waals surface area (Å²) in [5.74, 6) is -7.70. The smallest absolute Gasteiger partial charge is 0.195 e. The summed E-state index contributed by atoms with van der Waals surface area (Å²) in [7, 11) is 0. The first-order chi connectivity index (χ1) is 10.4. The van der Waals surface area contributed by atoms with E-state index in [9.17, 15) is 26.3 Å². The van der Waals surface area contributed by atoms with E-state index < -0.39 is 45.9 Å². The van der Waals surface area contributed by atoms with Crippen molar-refractivity contribution in [1.82, 2.24) is 0 Å². The van der Waals surface area contributed by atoms with Gasteiger partial charge in [-0.2, -0.15) is 0 Å². The highest BCUT2D eigenvalue weighted by Gasteiger charge is 2.17. The fraction of sp³-hybridized carbons (Fsp3) is 0. The Labute approximate surface area is 120 Å². The third kappa shape index (κ3) is 2.20. The molecule has 0 aliphatic heterocycles. The van der Waals surface area contributed by atoms with Gasteiger partial charge in [-0.15, -0.1) is 0 Å². The first kappa shape index (κ1) is 14.4. The van der Waals surface area contributed by atoms with Crippen molar-refractivity contribution in [2.45, 2.75) is 0 Å². The average Bonchev–Trinajstić information content (AvgIpc) is 2.43. The van der Waals surface area contributed by atoms with Gasteiger partial charge in [0.25, 0.3) is 0 Å². The minimum Gasteiger partial charge on any atom is -0.207 e.